The minimum Gasteiger partial charge on any atom is -0.478 e. The number of carboxylic acids is 1. The molecule has 0 aliphatic carbocycles. The molecule has 2 aromatic carbocycles. The van der Waals surface area contributed by atoms with E-state index in [4.69, 9.17) is 5.11 Å². The molecule has 2 amide bonds. The zero-order chi connectivity index (χ0) is 19.4. The third-order valence-electron chi connectivity index (χ3n) is 4.60. The van der Waals surface area contributed by atoms with E-state index in [9.17, 15) is 18.8 Å². The summed E-state index contributed by atoms with van der Waals surface area (Å²) in [5.41, 5.74) is 0.222. The van der Waals surface area contributed by atoms with Crippen molar-refractivity contribution in [3.63, 3.8) is 0 Å². The topological polar surface area (TPSA) is 86.7 Å². The van der Waals surface area contributed by atoms with Gasteiger partial charge in [-0.15, -0.1) is 0 Å². The van der Waals surface area contributed by atoms with Crippen molar-refractivity contribution in [1.82, 2.24) is 10.2 Å². The predicted molar refractivity (Wildman–Crippen MR) is 96.2 cm³/mol. The van der Waals surface area contributed by atoms with Crippen molar-refractivity contribution >= 4 is 17.8 Å². The summed E-state index contributed by atoms with van der Waals surface area (Å²) in [5.74, 6) is -2.76. The van der Waals surface area contributed by atoms with Gasteiger partial charge in [0.25, 0.3) is 11.8 Å². The number of hydrogen-bond donors (Lipinski definition) is 2. The van der Waals surface area contributed by atoms with E-state index in [1.807, 2.05) is 18.2 Å². The summed E-state index contributed by atoms with van der Waals surface area (Å²) in [6, 6.07) is 12.0. The van der Waals surface area contributed by atoms with Crippen LogP contribution in [0, 0.1) is 5.82 Å². The molecule has 2 N–H and O–H groups in total. The summed E-state index contributed by atoms with van der Waals surface area (Å²) in [6.07, 6.45) is 1.14. The van der Waals surface area contributed by atoms with E-state index < -0.39 is 17.7 Å². The van der Waals surface area contributed by atoms with Gasteiger partial charge in [0.2, 0.25) is 0 Å². The van der Waals surface area contributed by atoms with Gasteiger partial charge in [0.1, 0.15) is 5.82 Å². The molecule has 1 aliphatic rings. The average Bonchev–Trinajstić information content (AvgIpc) is 2.68. The standard InChI is InChI=1S/C20H19FN2O4/c21-17-12-14(20(26)27)6-7-16(17)18(24)22-15-8-10-23(11-9-15)19(25)13-4-2-1-3-5-13/h1-7,12,15H,8-11H2,(H,22,24)(H,26,27). The lowest BCUT2D eigenvalue weighted by Gasteiger charge is -2.32. The number of halogens is 1. The molecule has 0 saturated carbocycles. The number of hydrogen-bond acceptors (Lipinski definition) is 3. The maximum atomic E-state index is 14.0. The molecule has 0 aromatic heterocycles. The Balaban J connectivity index is 1.57. The fourth-order valence-corrected chi connectivity index (χ4v) is 3.09. The van der Waals surface area contributed by atoms with Gasteiger partial charge in [0.15, 0.2) is 0 Å². The lowest BCUT2D eigenvalue weighted by atomic mass is 10.0. The summed E-state index contributed by atoms with van der Waals surface area (Å²) in [5, 5.41) is 11.6. The molecule has 1 aliphatic heterocycles. The van der Waals surface area contributed by atoms with Gasteiger partial charge in [-0.25, -0.2) is 9.18 Å². The van der Waals surface area contributed by atoms with Crippen LogP contribution < -0.4 is 5.32 Å². The number of rotatable bonds is 4. The van der Waals surface area contributed by atoms with E-state index in [-0.39, 0.29) is 23.1 Å². The number of benzene rings is 2. The average molecular weight is 370 g/mol. The summed E-state index contributed by atoms with van der Waals surface area (Å²) in [7, 11) is 0. The van der Waals surface area contributed by atoms with Crippen molar-refractivity contribution < 1.29 is 23.9 Å². The quantitative estimate of drug-likeness (QED) is 0.866. The van der Waals surface area contributed by atoms with Crippen LogP contribution in [0.4, 0.5) is 4.39 Å². The van der Waals surface area contributed by atoms with Gasteiger partial charge in [0, 0.05) is 24.7 Å². The van der Waals surface area contributed by atoms with Crippen molar-refractivity contribution in [2.75, 3.05) is 13.1 Å². The molecule has 3 rings (SSSR count). The van der Waals surface area contributed by atoms with Crippen LogP contribution in [-0.2, 0) is 0 Å². The minimum atomic E-state index is -1.25. The van der Waals surface area contributed by atoms with Crippen molar-refractivity contribution in [2.24, 2.45) is 0 Å². The summed E-state index contributed by atoms with van der Waals surface area (Å²) < 4.78 is 14.0. The fraction of sp³-hybridized carbons (Fsp3) is 0.250. The van der Waals surface area contributed by atoms with Gasteiger partial charge < -0.3 is 15.3 Å². The molecule has 1 heterocycles. The lowest BCUT2D eigenvalue weighted by molar-refractivity contribution is 0.0684. The van der Waals surface area contributed by atoms with Crippen molar-refractivity contribution in [3.05, 3.63) is 71.0 Å². The Hall–Kier alpha value is -3.22. The van der Waals surface area contributed by atoms with Gasteiger partial charge >= 0.3 is 5.97 Å². The van der Waals surface area contributed by atoms with Crippen LogP contribution in [0.15, 0.2) is 48.5 Å². The highest BCUT2D eigenvalue weighted by Crippen LogP contribution is 2.16. The van der Waals surface area contributed by atoms with Gasteiger partial charge in [-0.3, -0.25) is 9.59 Å². The predicted octanol–water partition coefficient (Wildman–Crippen LogP) is 2.56. The first-order valence-electron chi connectivity index (χ1n) is 8.63. The molecule has 0 atom stereocenters. The molecule has 140 valence electrons. The van der Waals surface area contributed by atoms with E-state index in [1.54, 1.807) is 17.0 Å². The van der Waals surface area contributed by atoms with E-state index in [2.05, 4.69) is 5.32 Å². The SMILES string of the molecule is O=C(O)c1ccc(C(=O)NC2CCN(C(=O)c3ccccc3)CC2)c(F)c1. The van der Waals surface area contributed by atoms with Gasteiger partial charge in [-0.05, 0) is 43.2 Å². The van der Waals surface area contributed by atoms with Crippen molar-refractivity contribution in [1.29, 1.82) is 0 Å². The van der Waals surface area contributed by atoms with Crippen LogP contribution in [0.2, 0.25) is 0 Å². The summed E-state index contributed by atoms with van der Waals surface area (Å²) in [4.78, 5) is 37.3. The highest BCUT2D eigenvalue weighted by atomic mass is 19.1. The Morgan fingerprint density at radius 2 is 1.67 bits per heavy atom. The van der Waals surface area contributed by atoms with E-state index in [1.165, 1.54) is 12.1 Å². The Bertz CT molecular complexity index is 862. The Labute approximate surface area is 155 Å². The smallest absolute Gasteiger partial charge is 0.335 e. The summed E-state index contributed by atoms with van der Waals surface area (Å²) in [6.45, 7) is 0.998. The number of nitrogens with zero attached hydrogens (tertiary/aromatic N) is 1. The maximum absolute atomic E-state index is 14.0. The molecular formula is C20H19FN2O4. The third kappa shape index (κ3) is 4.31. The summed E-state index contributed by atoms with van der Waals surface area (Å²) >= 11 is 0. The second-order valence-electron chi connectivity index (χ2n) is 6.41. The molecule has 1 saturated heterocycles. The zero-order valence-electron chi connectivity index (χ0n) is 14.5. The van der Waals surface area contributed by atoms with Gasteiger partial charge in [-0.1, -0.05) is 18.2 Å². The number of carboxylic acid groups (broad SMARTS) is 1. The number of likely N-dealkylation sites (tertiary alicyclic amines) is 1. The zero-order valence-corrected chi connectivity index (χ0v) is 14.5. The largest absolute Gasteiger partial charge is 0.478 e. The van der Waals surface area contributed by atoms with Gasteiger partial charge in [0.05, 0.1) is 11.1 Å². The van der Waals surface area contributed by atoms with Crippen LogP contribution in [0.25, 0.3) is 0 Å². The van der Waals surface area contributed by atoms with E-state index in [0.29, 0.717) is 31.5 Å². The molecule has 27 heavy (non-hydrogen) atoms. The molecule has 2 aromatic rings. The fourth-order valence-electron chi connectivity index (χ4n) is 3.09. The number of aromatic carboxylic acids is 1. The first-order valence-corrected chi connectivity index (χ1v) is 8.63. The number of amides is 2. The first kappa shape index (κ1) is 18.6. The number of carbonyl (C=O) groups is 3. The Morgan fingerprint density at radius 1 is 1.00 bits per heavy atom. The molecule has 0 spiro atoms. The Kier molecular flexibility index (Phi) is 5.49. The first-order chi connectivity index (χ1) is 13.0. The lowest BCUT2D eigenvalue weighted by Crippen LogP contribution is -2.46. The van der Waals surface area contributed by atoms with Crippen LogP contribution in [0.5, 0.6) is 0 Å². The molecular weight excluding hydrogens is 351 g/mol. The molecule has 6 nitrogen and oxygen atoms in total. The van der Waals surface area contributed by atoms with Crippen LogP contribution in [-0.4, -0.2) is 46.9 Å². The van der Waals surface area contributed by atoms with E-state index in [0.717, 1.165) is 6.07 Å². The molecule has 1 fully saturated rings. The highest BCUT2D eigenvalue weighted by molar-refractivity contribution is 5.96. The van der Waals surface area contributed by atoms with Crippen LogP contribution in [0.1, 0.15) is 43.9 Å². The minimum absolute atomic E-state index is 0.0457. The van der Waals surface area contributed by atoms with Gasteiger partial charge in [-0.2, -0.15) is 0 Å². The molecule has 0 radical (unpaired) electrons. The maximum Gasteiger partial charge on any atom is 0.335 e. The van der Waals surface area contributed by atoms with Crippen molar-refractivity contribution in [3.8, 4) is 0 Å². The second-order valence-corrected chi connectivity index (χ2v) is 6.41. The van der Waals surface area contributed by atoms with Crippen LogP contribution >= 0.6 is 0 Å². The van der Waals surface area contributed by atoms with Crippen molar-refractivity contribution in [2.45, 2.75) is 18.9 Å². The highest BCUT2D eigenvalue weighted by Gasteiger charge is 2.25. The van der Waals surface area contributed by atoms with Crippen LogP contribution in [0.3, 0.4) is 0 Å². The normalized spacial score (nSPS) is 14.6. The second kappa shape index (κ2) is 7.99. The molecule has 7 heteroatoms. The Morgan fingerprint density at radius 3 is 2.26 bits per heavy atom. The molecule has 0 unspecified atom stereocenters. The number of carbonyl (C=O) groups excluding carboxylic acids is 2. The van der Waals surface area contributed by atoms with E-state index >= 15 is 0 Å². The monoisotopic (exact) mass is 370 g/mol. The third-order valence-corrected chi connectivity index (χ3v) is 4.60. The molecule has 0 bridgehead atoms. The number of nitrogens with one attached hydrogen (secondary N) is 1. The number of piperidine rings is 1.